The van der Waals surface area contributed by atoms with E-state index in [-0.39, 0.29) is 0 Å². The molecule has 7 aromatic carbocycles. The van der Waals surface area contributed by atoms with Crippen LogP contribution in [0, 0.1) is 0 Å². The number of aromatic nitrogens is 3. The first-order valence-electron chi connectivity index (χ1n) is 16.4. The molecule has 230 valence electrons. The van der Waals surface area contributed by atoms with E-state index in [1.165, 1.54) is 42.4 Å². The number of rotatable bonds is 6. The van der Waals surface area contributed by atoms with Crippen LogP contribution in [0.25, 0.3) is 87.7 Å². The van der Waals surface area contributed by atoms with E-state index >= 15 is 0 Å². The molecule has 2 aromatic heterocycles. The summed E-state index contributed by atoms with van der Waals surface area (Å²) in [6, 6.07) is 61.6. The minimum atomic E-state index is 0.648. The maximum absolute atomic E-state index is 5.15. The predicted octanol–water partition coefficient (Wildman–Crippen LogP) is 12.2. The summed E-state index contributed by atoms with van der Waals surface area (Å²) in [5.74, 6) is 1.96. The van der Waals surface area contributed by atoms with Crippen LogP contribution in [0.3, 0.4) is 0 Å². The van der Waals surface area contributed by atoms with Crippen LogP contribution in [0.15, 0.2) is 176 Å². The average Bonchev–Trinajstić information content (AvgIpc) is 3.57. The molecule has 0 aliphatic rings. The van der Waals surface area contributed by atoms with Gasteiger partial charge in [-0.2, -0.15) is 0 Å². The van der Waals surface area contributed by atoms with Crippen molar-refractivity contribution in [3.8, 4) is 67.5 Å². The third-order valence-electron chi connectivity index (χ3n) is 8.98. The quantitative estimate of drug-likeness (QED) is 0.181. The second-order valence-electron chi connectivity index (χ2n) is 12.1. The SMILES string of the molecule is c1ccc(-c2ccc(-c3nc(-c4ccc(-c5ccccc5)cc4)nc(-c4cccc5sc6cc(-c7ccccc7)ccc6c45)n3)cc2)cc1. The van der Waals surface area contributed by atoms with Crippen LogP contribution in [-0.4, -0.2) is 15.0 Å². The highest BCUT2D eigenvalue weighted by Gasteiger charge is 2.17. The van der Waals surface area contributed by atoms with E-state index in [9.17, 15) is 0 Å². The Labute approximate surface area is 288 Å². The molecular weight excluding hydrogens is 615 g/mol. The molecular formula is C45H29N3S. The lowest BCUT2D eigenvalue weighted by atomic mass is 10.0. The zero-order chi connectivity index (χ0) is 32.6. The van der Waals surface area contributed by atoms with E-state index in [2.05, 4.69) is 164 Å². The second kappa shape index (κ2) is 12.4. The number of hydrogen-bond donors (Lipinski definition) is 0. The molecule has 4 heteroatoms. The Hall–Kier alpha value is -6.23. The normalized spacial score (nSPS) is 11.3. The molecule has 0 N–H and O–H groups in total. The molecule has 49 heavy (non-hydrogen) atoms. The maximum atomic E-state index is 5.15. The molecule has 0 fully saturated rings. The molecule has 0 radical (unpaired) electrons. The predicted molar refractivity (Wildman–Crippen MR) is 205 cm³/mol. The standard InChI is InChI=1S/C45H29N3S/c1-4-11-30(12-5-1)33-19-23-35(24-20-33)43-46-44(36-25-21-34(22-26-36)31-13-6-2-7-14-31)48-45(47-43)39-17-10-18-40-42(39)38-28-27-37(29-41(38)49-40)32-15-8-3-9-16-32/h1-29H. The van der Waals surface area contributed by atoms with Gasteiger partial charge in [0.15, 0.2) is 17.5 Å². The summed E-state index contributed by atoms with van der Waals surface area (Å²) in [5, 5.41) is 2.38. The third-order valence-corrected chi connectivity index (χ3v) is 10.1. The summed E-state index contributed by atoms with van der Waals surface area (Å²) in [4.78, 5) is 15.4. The maximum Gasteiger partial charge on any atom is 0.164 e. The zero-order valence-corrected chi connectivity index (χ0v) is 27.3. The first kappa shape index (κ1) is 29.0. The molecule has 0 aliphatic carbocycles. The first-order valence-corrected chi connectivity index (χ1v) is 17.2. The van der Waals surface area contributed by atoms with Crippen molar-refractivity contribution in [2.75, 3.05) is 0 Å². The molecule has 3 nitrogen and oxygen atoms in total. The lowest BCUT2D eigenvalue weighted by molar-refractivity contribution is 1.08. The van der Waals surface area contributed by atoms with E-state index in [1.54, 1.807) is 0 Å². The van der Waals surface area contributed by atoms with Gasteiger partial charge in [0.1, 0.15) is 0 Å². The van der Waals surface area contributed by atoms with Gasteiger partial charge in [0, 0.05) is 36.9 Å². The molecule has 0 aliphatic heterocycles. The molecule has 0 amide bonds. The Bertz CT molecular complexity index is 2460. The Balaban J connectivity index is 1.19. The van der Waals surface area contributed by atoms with Crippen LogP contribution in [0.5, 0.6) is 0 Å². The number of hydrogen-bond acceptors (Lipinski definition) is 4. The number of nitrogens with zero attached hydrogens (tertiary/aromatic N) is 3. The minimum absolute atomic E-state index is 0.648. The highest BCUT2D eigenvalue weighted by Crippen LogP contribution is 2.41. The largest absolute Gasteiger partial charge is 0.208 e. The Kier molecular flexibility index (Phi) is 7.34. The molecule has 0 saturated heterocycles. The minimum Gasteiger partial charge on any atom is -0.208 e. The van der Waals surface area contributed by atoms with E-state index in [0.29, 0.717) is 17.5 Å². The Morgan fingerprint density at radius 1 is 0.306 bits per heavy atom. The molecule has 0 spiro atoms. The van der Waals surface area contributed by atoms with Crippen molar-refractivity contribution in [3.63, 3.8) is 0 Å². The summed E-state index contributed by atoms with van der Waals surface area (Å²) in [6.07, 6.45) is 0. The number of benzene rings is 7. The molecule has 0 saturated carbocycles. The van der Waals surface area contributed by atoms with Crippen LogP contribution in [0.4, 0.5) is 0 Å². The van der Waals surface area contributed by atoms with Crippen molar-refractivity contribution in [3.05, 3.63) is 176 Å². The molecule has 9 rings (SSSR count). The summed E-state index contributed by atoms with van der Waals surface area (Å²) in [6.45, 7) is 0. The molecule has 0 bridgehead atoms. The van der Waals surface area contributed by atoms with E-state index in [1.807, 2.05) is 23.5 Å². The highest BCUT2D eigenvalue weighted by atomic mass is 32.1. The zero-order valence-electron chi connectivity index (χ0n) is 26.5. The second-order valence-corrected chi connectivity index (χ2v) is 13.1. The van der Waals surface area contributed by atoms with E-state index in [0.717, 1.165) is 27.8 Å². The first-order chi connectivity index (χ1) is 24.3. The van der Waals surface area contributed by atoms with E-state index < -0.39 is 0 Å². The highest BCUT2D eigenvalue weighted by molar-refractivity contribution is 7.26. The lowest BCUT2D eigenvalue weighted by Gasteiger charge is -2.11. The van der Waals surface area contributed by atoms with Crippen molar-refractivity contribution in [2.24, 2.45) is 0 Å². The van der Waals surface area contributed by atoms with Gasteiger partial charge in [0.05, 0.1) is 0 Å². The summed E-state index contributed by atoms with van der Waals surface area (Å²) < 4.78 is 2.45. The van der Waals surface area contributed by atoms with Crippen molar-refractivity contribution >= 4 is 31.5 Å². The molecule has 2 heterocycles. The van der Waals surface area contributed by atoms with Gasteiger partial charge in [-0.15, -0.1) is 11.3 Å². The van der Waals surface area contributed by atoms with Gasteiger partial charge in [-0.25, -0.2) is 15.0 Å². The molecule has 0 unspecified atom stereocenters. The number of thiophene rings is 1. The average molecular weight is 644 g/mol. The smallest absolute Gasteiger partial charge is 0.164 e. The van der Waals surface area contributed by atoms with Crippen LogP contribution in [-0.2, 0) is 0 Å². The summed E-state index contributed by atoms with van der Waals surface area (Å²) in [7, 11) is 0. The molecule has 9 aromatic rings. The molecule has 0 atom stereocenters. The monoisotopic (exact) mass is 643 g/mol. The van der Waals surface area contributed by atoms with Gasteiger partial charge in [0.25, 0.3) is 0 Å². The Morgan fingerprint density at radius 2 is 0.735 bits per heavy atom. The van der Waals surface area contributed by atoms with Crippen molar-refractivity contribution < 1.29 is 0 Å². The fourth-order valence-electron chi connectivity index (χ4n) is 6.46. The van der Waals surface area contributed by atoms with Crippen LogP contribution < -0.4 is 0 Å². The summed E-state index contributed by atoms with van der Waals surface area (Å²) >= 11 is 1.81. The van der Waals surface area contributed by atoms with Crippen LogP contribution >= 0.6 is 11.3 Å². The van der Waals surface area contributed by atoms with Gasteiger partial charge in [-0.3, -0.25) is 0 Å². The number of fused-ring (bicyclic) bond motifs is 3. The van der Waals surface area contributed by atoms with Gasteiger partial charge in [-0.05, 0) is 45.5 Å². The fourth-order valence-corrected chi connectivity index (χ4v) is 7.63. The van der Waals surface area contributed by atoms with Crippen molar-refractivity contribution in [2.45, 2.75) is 0 Å². The Morgan fingerprint density at radius 3 is 1.27 bits per heavy atom. The van der Waals surface area contributed by atoms with Gasteiger partial charge in [0.2, 0.25) is 0 Å². The third kappa shape index (κ3) is 5.58. The van der Waals surface area contributed by atoms with Gasteiger partial charge >= 0.3 is 0 Å². The van der Waals surface area contributed by atoms with E-state index in [4.69, 9.17) is 15.0 Å². The fraction of sp³-hybridized carbons (Fsp3) is 0. The topological polar surface area (TPSA) is 38.7 Å². The van der Waals surface area contributed by atoms with Crippen LogP contribution in [0.2, 0.25) is 0 Å². The van der Waals surface area contributed by atoms with Crippen molar-refractivity contribution in [1.82, 2.24) is 15.0 Å². The van der Waals surface area contributed by atoms with Gasteiger partial charge in [-0.1, -0.05) is 164 Å². The van der Waals surface area contributed by atoms with Crippen molar-refractivity contribution in [1.29, 1.82) is 0 Å². The van der Waals surface area contributed by atoms with Gasteiger partial charge < -0.3 is 0 Å². The van der Waals surface area contributed by atoms with Crippen LogP contribution in [0.1, 0.15) is 0 Å². The lowest BCUT2D eigenvalue weighted by Crippen LogP contribution is -2.00. The summed E-state index contributed by atoms with van der Waals surface area (Å²) in [5.41, 5.74) is 9.98.